The van der Waals surface area contributed by atoms with E-state index in [-0.39, 0.29) is 6.71 Å². The van der Waals surface area contributed by atoms with Crippen LogP contribution in [0.4, 0.5) is 0 Å². The van der Waals surface area contributed by atoms with Gasteiger partial charge in [-0.1, -0.05) is 115 Å². The zero-order chi connectivity index (χ0) is 32.8. The lowest BCUT2D eigenvalue weighted by Gasteiger charge is -2.33. The Balaban J connectivity index is 1.16. The fraction of sp³-hybridized carbons (Fsp3) is 0.0870. The predicted octanol–water partition coefficient (Wildman–Crippen LogP) is 9.06. The highest BCUT2D eigenvalue weighted by molar-refractivity contribution is 6.98. The van der Waals surface area contributed by atoms with E-state index in [0.29, 0.717) is 0 Å². The molecule has 2 aliphatic heterocycles. The van der Waals surface area contributed by atoms with Crippen molar-refractivity contribution in [3.05, 3.63) is 168 Å². The maximum Gasteiger partial charge on any atom is 0.260 e. The molecular weight excluding hydrogens is 609 g/mol. The zero-order valence-corrected chi connectivity index (χ0v) is 27.5. The van der Waals surface area contributed by atoms with Gasteiger partial charge >= 0.3 is 0 Å². The smallest absolute Gasteiger partial charge is 0.260 e. The molecule has 4 heteroatoms. The van der Waals surface area contributed by atoms with Crippen LogP contribution in [0.25, 0.3) is 38.6 Å². The number of aromatic nitrogens is 1. The highest BCUT2D eigenvalue weighted by Crippen LogP contribution is 2.43. The molecule has 0 spiro atoms. The number of aryl methyl sites for hydroxylation is 4. The van der Waals surface area contributed by atoms with Crippen molar-refractivity contribution in [3.63, 3.8) is 0 Å². The van der Waals surface area contributed by atoms with Crippen LogP contribution in [0.1, 0.15) is 22.3 Å². The molecule has 0 radical (unpaired) electrons. The molecule has 6 aliphatic rings. The second kappa shape index (κ2) is 10.8. The molecule has 3 heterocycles. The third kappa shape index (κ3) is 4.18. The van der Waals surface area contributed by atoms with E-state index in [4.69, 9.17) is 9.47 Å². The molecule has 8 aromatic rings. The van der Waals surface area contributed by atoms with Gasteiger partial charge in [0.25, 0.3) is 6.71 Å². The van der Waals surface area contributed by atoms with E-state index < -0.39 is 0 Å². The summed E-state index contributed by atoms with van der Waals surface area (Å²) in [5.74, 6) is 3.50. The average Bonchev–Trinajstić information content (AvgIpc) is 3.50. The summed E-state index contributed by atoms with van der Waals surface area (Å²) in [6.07, 6.45) is 4.04. The number of hydrogen-bond acceptors (Lipinski definition) is 2. The van der Waals surface area contributed by atoms with Crippen LogP contribution in [-0.2, 0) is 25.7 Å². The lowest BCUT2D eigenvalue weighted by atomic mass is 9.35. The summed E-state index contributed by atoms with van der Waals surface area (Å²) in [5, 5.41) is 2.48. The van der Waals surface area contributed by atoms with E-state index in [2.05, 4.69) is 150 Å². The predicted molar refractivity (Wildman–Crippen MR) is 205 cm³/mol. The lowest BCUT2D eigenvalue weighted by Crippen LogP contribution is -2.57. The van der Waals surface area contributed by atoms with E-state index in [1.165, 1.54) is 60.6 Å². The van der Waals surface area contributed by atoms with Crippen molar-refractivity contribution in [2.24, 2.45) is 0 Å². The molecule has 7 aromatic carbocycles. The Kier molecular flexibility index (Phi) is 6.00. The fourth-order valence-corrected chi connectivity index (χ4v) is 8.70. The van der Waals surface area contributed by atoms with Gasteiger partial charge in [0.1, 0.15) is 23.0 Å². The minimum atomic E-state index is 0.0470. The standard InChI is InChI=1S/C46H32BNO2/c1-4-13-40-34(8-1)35-9-7-10-36(37-26-31-21-20-29-16-18-30(19-17-29)22-24-32(37)25-23-31)46(35)48(40)33-27-43-45-44(28-33)50-42-15-6-3-12-39(42)47(45)38-11-2-5-14-41(38)49-43/h1-19,23,25-28H,20-22,24H2. The first kappa shape index (κ1) is 27.9. The maximum absolute atomic E-state index is 6.75. The molecule has 0 fully saturated rings. The average molecular weight is 642 g/mol. The highest BCUT2D eigenvalue weighted by Gasteiger charge is 2.40. The molecular formula is C46H32BNO2. The Morgan fingerprint density at radius 3 is 1.80 bits per heavy atom. The van der Waals surface area contributed by atoms with E-state index in [1.54, 1.807) is 0 Å². The highest BCUT2D eigenvalue weighted by atomic mass is 16.5. The summed E-state index contributed by atoms with van der Waals surface area (Å²) in [5.41, 5.74) is 15.0. The van der Waals surface area contributed by atoms with Crippen molar-refractivity contribution < 1.29 is 9.47 Å². The molecule has 1 aromatic heterocycles. The summed E-state index contributed by atoms with van der Waals surface area (Å²) in [7, 11) is 0. The number of ether oxygens (including phenoxy) is 2. The van der Waals surface area contributed by atoms with Crippen molar-refractivity contribution >= 4 is 44.9 Å². The van der Waals surface area contributed by atoms with Crippen LogP contribution in [0, 0.1) is 0 Å². The minimum Gasteiger partial charge on any atom is -0.458 e. The SMILES string of the molecule is c1ccc2c(c1)Oc1cc(-n3c4ccccc4c4cccc(-c5cc6ccc5CCc5ccc(cc5)CC6)c43)cc3c1B2c1ccccc1O3. The lowest BCUT2D eigenvalue weighted by molar-refractivity contribution is 0.464. The molecule has 0 atom stereocenters. The van der Waals surface area contributed by atoms with Crippen LogP contribution in [-0.4, -0.2) is 11.3 Å². The topological polar surface area (TPSA) is 23.4 Å². The number of para-hydroxylation sites is 4. The Bertz CT molecular complexity index is 2600. The Hall–Kier alpha value is -6.00. The van der Waals surface area contributed by atoms with Gasteiger partial charge in [-0.3, -0.25) is 0 Å². The summed E-state index contributed by atoms with van der Waals surface area (Å²) in [4.78, 5) is 0. The van der Waals surface area contributed by atoms with Crippen LogP contribution < -0.4 is 25.9 Å². The number of hydrogen-bond donors (Lipinski definition) is 0. The van der Waals surface area contributed by atoms with Gasteiger partial charge < -0.3 is 14.0 Å². The van der Waals surface area contributed by atoms with Crippen molar-refractivity contribution in [2.75, 3.05) is 0 Å². The number of rotatable bonds is 2. The van der Waals surface area contributed by atoms with Gasteiger partial charge in [-0.05, 0) is 82.6 Å². The molecule has 14 rings (SSSR count). The van der Waals surface area contributed by atoms with Gasteiger partial charge in [-0.15, -0.1) is 0 Å². The van der Waals surface area contributed by atoms with E-state index in [9.17, 15) is 0 Å². The zero-order valence-electron chi connectivity index (χ0n) is 27.5. The molecule has 4 bridgehead atoms. The molecule has 4 aliphatic carbocycles. The molecule has 0 amide bonds. The Morgan fingerprint density at radius 2 is 1.06 bits per heavy atom. The van der Waals surface area contributed by atoms with Gasteiger partial charge in [-0.25, -0.2) is 0 Å². The quantitative estimate of drug-likeness (QED) is 0.176. The van der Waals surface area contributed by atoms with E-state index >= 15 is 0 Å². The maximum atomic E-state index is 6.75. The first-order chi connectivity index (χ1) is 24.8. The van der Waals surface area contributed by atoms with Crippen LogP contribution in [0.5, 0.6) is 23.0 Å². The van der Waals surface area contributed by atoms with Gasteiger partial charge in [0, 0.05) is 33.9 Å². The fourth-order valence-electron chi connectivity index (χ4n) is 8.70. The van der Waals surface area contributed by atoms with Gasteiger partial charge in [0.15, 0.2) is 0 Å². The summed E-state index contributed by atoms with van der Waals surface area (Å²) in [6.45, 7) is 0.0470. The van der Waals surface area contributed by atoms with Crippen molar-refractivity contribution in [1.82, 2.24) is 4.57 Å². The van der Waals surface area contributed by atoms with Gasteiger partial charge in [0.05, 0.1) is 16.7 Å². The summed E-state index contributed by atoms with van der Waals surface area (Å²) in [6, 6.07) is 53.4. The number of benzene rings is 7. The van der Waals surface area contributed by atoms with Crippen molar-refractivity contribution in [1.29, 1.82) is 0 Å². The molecule has 0 N–H and O–H groups in total. The van der Waals surface area contributed by atoms with Crippen molar-refractivity contribution in [3.8, 4) is 39.8 Å². The number of fused-ring (bicyclic) bond motifs is 7. The van der Waals surface area contributed by atoms with Crippen LogP contribution in [0.3, 0.4) is 0 Å². The van der Waals surface area contributed by atoms with Crippen molar-refractivity contribution in [2.45, 2.75) is 25.7 Å². The van der Waals surface area contributed by atoms with E-state index in [1.807, 2.05) is 0 Å². The monoisotopic (exact) mass is 641 g/mol. The van der Waals surface area contributed by atoms with Crippen LogP contribution in [0.2, 0.25) is 0 Å². The normalized spacial score (nSPS) is 14.0. The van der Waals surface area contributed by atoms with E-state index in [0.717, 1.165) is 65.3 Å². The van der Waals surface area contributed by atoms with Gasteiger partial charge in [-0.2, -0.15) is 0 Å². The number of nitrogens with zero attached hydrogens (tertiary/aromatic N) is 1. The molecule has 0 saturated carbocycles. The van der Waals surface area contributed by atoms with Crippen LogP contribution >= 0.6 is 0 Å². The van der Waals surface area contributed by atoms with Gasteiger partial charge in [0.2, 0.25) is 0 Å². The summed E-state index contributed by atoms with van der Waals surface area (Å²) >= 11 is 0. The largest absolute Gasteiger partial charge is 0.458 e. The molecule has 50 heavy (non-hydrogen) atoms. The second-order valence-electron chi connectivity index (χ2n) is 13.9. The molecule has 0 saturated heterocycles. The third-order valence-corrected chi connectivity index (χ3v) is 11.1. The minimum absolute atomic E-state index is 0.0470. The molecule has 0 unspecified atom stereocenters. The van der Waals surface area contributed by atoms with Crippen LogP contribution in [0.15, 0.2) is 146 Å². The first-order valence-corrected chi connectivity index (χ1v) is 17.7. The second-order valence-corrected chi connectivity index (χ2v) is 13.9. The molecule has 3 nitrogen and oxygen atoms in total. The Morgan fingerprint density at radius 1 is 0.460 bits per heavy atom. The molecule has 236 valence electrons. The summed E-state index contributed by atoms with van der Waals surface area (Å²) < 4.78 is 16.0. The first-order valence-electron chi connectivity index (χ1n) is 17.7. The Labute approximate surface area is 291 Å². The third-order valence-electron chi connectivity index (χ3n) is 11.1.